The fourth-order valence-corrected chi connectivity index (χ4v) is 6.17. The van der Waals surface area contributed by atoms with Gasteiger partial charge in [-0.3, -0.25) is 24.0 Å². The second-order valence-electron chi connectivity index (χ2n) is 16.6. The van der Waals surface area contributed by atoms with Crippen molar-refractivity contribution in [2.45, 2.75) is 125 Å². The summed E-state index contributed by atoms with van der Waals surface area (Å²) in [5.74, 6) is -2.03. The van der Waals surface area contributed by atoms with Crippen molar-refractivity contribution in [3.8, 4) is 0 Å². The number of piperidine rings is 1. The van der Waals surface area contributed by atoms with Crippen LogP contribution in [-0.4, -0.2) is 95.6 Å². The zero-order chi connectivity index (χ0) is 35.3. The molecule has 3 fully saturated rings. The van der Waals surface area contributed by atoms with Gasteiger partial charge >= 0.3 is 6.03 Å². The van der Waals surface area contributed by atoms with Crippen molar-refractivity contribution in [2.75, 3.05) is 26.2 Å². The molecular weight excluding hydrogens is 600 g/mol. The predicted molar refractivity (Wildman–Crippen MR) is 180 cm³/mol. The van der Waals surface area contributed by atoms with Crippen LogP contribution in [0.1, 0.15) is 100 Å². The van der Waals surface area contributed by atoms with Crippen molar-refractivity contribution in [1.29, 1.82) is 0 Å². The molecule has 2 saturated heterocycles. The lowest BCUT2D eigenvalue weighted by Gasteiger charge is -2.41. The van der Waals surface area contributed by atoms with Crippen LogP contribution in [0.4, 0.5) is 4.79 Å². The zero-order valence-corrected chi connectivity index (χ0v) is 29.8. The number of Topliss-reactive ketones (excluding diaryl/α,β-unsaturated/α-hetero) is 1. The highest BCUT2D eigenvalue weighted by atomic mass is 16.2. The van der Waals surface area contributed by atoms with Gasteiger partial charge in [-0.05, 0) is 47.8 Å². The molecule has 0 radical (unpaired) electrons. The average molecular weight is 659 g/mol. The third-order valence-corrected chi connectivity index (χ3v) is 9.55. The molecule has 0 aromatic carbocycles. The Hall–Kier alpha value is -3.44. The molecule has 0 spiro atoms. The molecule has 2 heterocycles. The highest BCUT2D eigenvalue weighted by Crippen LogP contribution is 2.34. The molecule has 2 aliphatic heterocycles. The molecule has 0 aromatic rings. The molecule has 3 aliphatic rings. The van der Waals surface area contributed by atoms with Gasteiger partial charge in [0.15, 0.2) is 0 Å². The summed E-state index contributed by atoms with van der Waals surface area (Å²) in [5, 5.41) is 11.2. The zero-order valence-electron chi connectivity index (χ0n) is 29.8. The third kappa shape index (κ3) is 10.8. The van der Waals surface area contributed by atoms with Crippen LogP contribution >= 0.6 is 0 Å². The summed E-state index contributed by atoms with van der Waals surface area (Å²) in [5.41, 5.74) is -1.12. The Balaban J connectivity index is 1.71. The topological polar surface area (TPSA) is 157 Å². The van der Waals surface area contributed by atoms with Crippen molar-refractivity contribution in [3.63, 3.8) is 0 Å². The van der Waals surface area contributed by atoms with Gasteiger partial charge in [0.25, 0.3) is 5.91 Å². The van der Waals surface area contributed by atoms with Gasteiger partial charge in [0.1, 0.15) is 12.1 Å². The van der Waals surface area contributed by atoms with E-state index in [0.29, 0.717) is 45.3 Å². The third-order valence-electron chi connectivity index (χ3n) is 9.55. The first-order chi connectivity index (χ1) is 21.7. The van der Waals surface area contributed by atoms with E-state index in [0.717, 1.165) is 19.3 Å². The maximum absolute atomic E-state index is 14.1. The van der Waals surface area contributed by atoms with Gasteiger partial charge in [0.2, 0.25) is 23.5 Å². The van der Waals surface area contributed by atoms with E-state index in [2.05, 4.69) is 41.7 Å². The molecule has 264 valence electrons. The molecule has 4 N–H and O–H groups in total. The van der Waals surface area contributed by atoms with E-state index in [1.165, 1.54) is 11.0 Å². The Morgan fingerprint density at radius 2 is 1.62 bits per heavy atom. The molecule has 4 atom stereocenters. The molecule has 6 amide bonds. The number of nitrogens with zero attached hydrogens (tertiary/aromatic N) is 2. The molecule has 1 saturated carbocycles. The number of carbonyl (C=O) groups is 6. The minimum absolute atomic E-state index is 0.0477. The Bertz CT molecular complexity index is 1210. The summed E-state index contributed by atoms with van der Waals surface area (Å²) in [6.45, 7) is 20.7. The molecule has 1 aliphatic carbocycles. The van der Waals surface area contributed by atoms with Crippen LogP contribution in [0.25, 0.3) is 0 Å². The minimum Gasteiger partial charge on any atom is -0.346 e. The fraction of sp³-hybridized carbons (Fsp3) is 0.771. The van der Waals surface area contributed by atoms with Gasteiger partial charge in [-0.1, -0.05) is 74.3 Å². The van der Waals surface area contributed by atoms with Crippen LogP contribution in [-0.2, 0) is 24.0 Å². The number of hydrogen-bond donors (Lipinski definition) is 4. The normalized spacial score (nSPS) is 21.7. The Labute approximate surface area is 280 Å². The van der Waals surface area contributed by atoms with E-state index in [1.807, 2.05) is 46.4 Å². The number of likely N-dealkylation sites (tertiary alicyclic amines) is 2. The van der Waals surface area contributed by atoms with Crippen LogP contribution in [0, 0.1) is 22.2 Å². The summed E-state index contributed by atoms with van der Waals surface area (Å²) < 4.78 is 0. The van der Waals surface area contributed by atoms with Gasteiger partial charge in [-0.25, -0.2) is 4.79 Å². The molecule has 0 aromatic heterocycles. The number of ketones is 1. The summed E-state index contributed by atoms with van der Waals surface area (Å²) >= 11 is 0. The summed E-state index contributed by atoms with van der Waals surface area (Å²) in [4.78, 5) is 82.8. The molecule has 12 nitrogen and oxygen atoms in total. The average Bonchev–Trinajstić information content (AvgIpc) is 3.63. The maximum atomic E-state index is 14.1. The first kappa shape index (κ1) is 38.0. The van der Waals surface area contributed by atoms with Crippen LogP contribution in [0.5, 0.6) is 0 Å². The van der Waals surface area contributed by atoms with Crippen molar-refractivity contribution >= 4 is 35.4 Å². The second kappa shape index (κ2) is 15.2. The highest BCUT2D eigenvalue weighted by Gasteiger charge is 2.44. The largest absolute Gasteiger partial charge is 0.346 e. The van der Waals surface area contributed by atoms with Gasteiger partial charge in [-0.2, -0.15) is 0 Å². The maximum Gasteiger partial charge on any atom is 0.315 e. The number of carbonyl (C=O) groups excluding carboxylic acids is 6. The van der Waals surface area contributed by atoms with Gasteiger partial charge in [0.05, 0.1) is 12.1 Å². The number of amides is 6. The standard InChI is InChI=1S/C35H58N6O6/c1-10-16-36-30(45)27(43)23(19-22-13-14-22)37-29(44)24-12-11-17-41(24)31(46)28(34(5,6)7)39-32(47)38-25(33(2,3)4)21-40-18-15-35(8,9)20-26(40)42/h10,22-25,28H,1,11-21H2,2-9H3,(H,36,45)(H,37,44)(H2,38,39,47). The second-order valence-corrected chi connectivity index (χ2v) is 16.6. The quantitative estimate of drug-likeness (QED) is 0.176. The number of hydrogen-bond acceptors (Lipinski definition) is 6. The first-order valence-corrected chi connectivity index (χ1v) is 17.1. The van der Waals surface area contributed by atoms with Crippen LogP contribution in [0.3, 0.4) is 0 Å². The van der Waals surface area contributed by atoms with Crippen LogP contribution in [0.15, 0.2) is 12.7 Å². The van der Waals surface area contributed by atoms with E-state index >= 15 is 0 Å². The summed E-state index contributed by atoms with van der Waals surface area (Å²) in [7, 11) is 0. The first-order valence-electron chi connectivity index (χ1n) is 17.1. The lowest BCUT2D eigenvalue weighted by atomic mass is 9.81. The highest BCUT2D eigenvalue weighted by molar-refractivity contribution is 6.38. The fourth-order valence-electron chi connectivity index (χ4n) is 6.17. The van der Waals surface area contributed by atoms with Gasteiger partial charge in [0, 0.05) is 32.6 Å². The number of urea groups is 1. The van der Waals surface area contributed by atoms with Crippen LogP contribution < -0.4 is 21.3 Å². The number of rotatable bonds is 13. The summed E-state index contributed by atoms with van der Waals surface area (Å²) in [6, 6.07) is -3.67. The van der Waals surface area contributed by atoms with E-state index in [1.54, 1.807) is 0 Å². The Morgan fingerprint density at radius 1 is 0.957 bits per heavy atom. The van der Waals surface area contributed by atoms with Gasteiger partial charge < -0.3 is 31.1 Å². The van der Waals surface area contributed by atoms with Crippen molar-refractivity contribution in [1.82, 2.24) is 31.1 Å². The molecule has 47 heavy (non-hydrogen) atoms. The Morgan fingerprint density at radius 3 is 2.17 bits per heavy atom. The Kier molecular flexibility index (Phi) is 12.3. The van der Waals surface area contributed by atoms with E-state index in [4.69, 9.17) is 0 Å². The molecule has 12 heteroatoms. The summed E-state index contributed by atoms with van der Waals surface area (Å²) in [6.07, 6.45) is 6.04. The van der Waals surface area contributed by atoms with Crippen LogP contribution in [0.2, 0.25) is 0 Å². The molecule has 3 rings (SSSR count). The van der Waals surface area contributed by atoms with Crippen molar-refractivity contribution in [2.24, 2.45) is 22.2 Å². The SMILES string of the molecule is C=CCNC(=O)C(=O)C(CC1CC1)NC(=O)C1CCCN1C(=O)C(NC(=O)NC(CN1CCC(C)(C)CC1=O)C(C)(C)C)C(C)(C)C. The number of nitrogens with one attached hydrogen (secondary N) is 4. The molecule has 0 bridgehead atoms. The molecule has 4 unspecified atom stereocenters. The van der Waals surface area contributed by atoms with Gasteiger partial charge in [-0.15, -0.1) is 6.58 Å². The van der Waals surface area contributed by atoms with E-state index in [9.17, 15) is 28.8 Å². The predicted octanol–water partition coefficient (Wildman–Crippen LogP) is 2.91. The lowest BCUT2D eigenvalue weighted by Crippen LogP contribution is -2.62. The molecular formula is C35H58N6O6. The van der Waals surface area contributed by atoms with E-state index in [-0.39, 0.29) is 41.1 Å². The van der Waals surface area contributed by atoms with E-state index < -0.39 is 47.2 Å². The monoisotopic (exact) mass is 658 g/mol. The van der Waals surface area contributed by atoms with Crippen molar-refractivity contribution < 1.29 is 28.8 Å². The van der Waals surface area contributed by atoms with Crippen molar-refractivity contribution in [3.05, 3.63) is 12.7 Å². The minimum atomic E-state index is -0.980. The smallest absolute Gasteiger partial charge is 0.315 e. The lowest BCUT2D eigenvalue weighted by molar-refractivity contribution is -0.143.